The number of aromatic nitrogens is 3. The zero-order valence-corrected chi connectivity index (χ0v) is 20.5. The van der Waals surface area contributed by atoms with Gasteiger partial charge in [-0.15, -0.1) is 11.6 Å². The molecule has 0 saturated carbocycles. The molecule has 2 unspecified atom stereocenters. The van der Waals surface area contributed by atoms with Gasteiger partial charge in [-0.2, -0.15) is 0 Å². The number of fused-ring (bicyclic) bond motifs is 1. The summed E-state index contributed by atoms with van der Waals surface area (Å²) >= 11 is 5.97. The molecule has 186 valence electrons. The molecule has 35 heavy (non-hydrogen) atoms. The first-order chi connectivity index (χ1) is 16.8. The maximum atomic E-state index is 13.2. The lowest BCUT2D eigenvalue weighted by Crippen LogP contribution is -2.33. The van der Waals surface area contributed by atoms with Crippen LogP contribution in [0.2, 0.25) is 0 Å². The quantitative estimate of drug-likeness (QED) is 0.121. The highest BCUT2D eigenvalue weighted by Gasteiger charge is 2.38. The zero-order chi connectivity index (χ0) is 25.0. The molecular formula is C21H25ClN7O5P. The van der Waals surface area contributed by atoms with Crippen LogP contribution >= 0.6 is 19.1 Å². The molecule has 12 nitrogen and oxygen atoms in total. The van der Waals surface area contributed by atoms with Crippen molar-refractivity contribution in [3.63, 3.8) is 0 Å². The molecule has 0 spiro atoms. The van der Waals surface area contributed by atoms with Gasteiger partial charge < -0.3 is 14.2 Å². The van der Waals surface area contributed by atoms with E-state index in [0.29, 0.717) is 18.5 Å². The number of hydrogen-bond acceptors (Lipinski definition) is 6. The Morgan fingerprint density at radius 2 is 2.20 bits per heavy atom. The number of hydrogen-bond donors (Lipinski definition) is 3. The number of nitrogens with zero attached hydrogens (tertiary/aromatic N) is 4. The molecule has 1 aromatic carbocycles. The summed E-state index contributed by atoms with van der Waals surface area (Å²) in [5, 5.41) is 7.75. The third kappa shape index (κ3) is 5.70. The summed E-state index contributed by atoms with van der Waals surface area (Å²) in [5.74, 6) is 0. The Morgan fingerprint density at radius 1 is 1.40 bits per heavy atom. The highest BCUT2D eigenvalue weighted by molar-refractivity contribution is 7.58. The van der Waals surface area contributed by atoms with Crippen molar-refractivity contribution < 1.29 is 13.8 Å². The second kappa shape index (κ2) is 10.8. The minimum absolute atomic E-state index is 0.165. The van der Waals surface area contributed by atoms with Crippen LogP contribution in [0, 0.1) is 6.92 Å². The predicted molar refractivity (Wildman–Crippen MR) is 132 cm³/mol. The minimum atomic E-state index is -3.42. The van der Waals surface area contributed by atoms with Crippen LogP contribution in [0.5, 0.6) is 0 Å². The average Bonchev–Trinajstić information content (AvgIpc) is 3.44. The van der Waals surface area contributed by atoms with E-state index in [-0.39, 0.29) is 18.6 Å². The maximum absolute atomic E-state index is 13.2. The molecule has 1 aliphatic heterocycles. The van der Waals surface area contributed by atoms with Crippen molar-refractivity contribution in [2.24, 2.45) is 5.11 Å². The summed E-state index contributed by atoms with van der Waals surface area (Å²) in [4.78, 5) is 32.2. The van der Waals surface area contributed by atoms with Crippen molar-refractivity contribution in [2.45, 2.75) is 38.1 Å². The number of aromatic amines is 2. The van der Waals surface area contributed by atoms with Crippen molar-refractivity contribution in [1.82, 2.24) is 19.6 Å². The Hall–Kier alpha value is -2.85. The average molecular weight is 522 g/mol. The molecule has 0 amide bonds. The summed E-state index contributed by atoms with van der Waals surface area (Å²) in [6.45, 7) is 1.76. The van der Waals surface area contributed by atoms with Crippen LogP contribution in [0.1, 0.15) is 23.8 Å². The molecule has 3 heterocycles. The van der Waals surface area contributed by atoms with E-state index >= 15 is 0 Å². The van der Waals surface area contributed by atoms with Crippen molar-refractivity contribution in [3.05, 3.63) is 79.1 Å². The van der Waals surface area contributed by atoms with E-state index in [4.69, 9.17) is 26.4 Å². The second-order valence-electron chi connectivity index (χ2n) is 8.22. The number of nitrogens with one attached hydrogen (secondary N) is 3. The fourth-order valence-corrected chi connectivity index (χ4v) is 5.58. The minimum Gasteiger partial charge on any atom is -0.361 e. The molecule has 1 aliphatic rings. The molecular weight excluding hydrogens is 497 g/mol. The molecule has 0 bridgehead atoms. The SMILES string of the molecule is Cc1cn([C@H]2CC(N=[N+]=[N-])[C@@H](COP(=O)(CCl)NCCc3c[nH]c4ccccc34)O2)c(=O)[nH]c1=O. The first-order valence-electron chi connectivity index (χ1n) is 10.9. The van der Waals surface area contributed by atoms with Gasteiger partial charge in [-0.05, 0) is 30.5 Å². The van der Waals surface area contributed by atoms with E-state index in [1.165, 1.54) is 10.8 Å². The number of rotatable bonds is 10. The number of azide groups is 1. The highest BCUT2D eigenvalue weighted by Crippen LogP contribution is 2.44. The summed E-state index contributed by atoms with van der Waals surface area (Å²) in [6.07, 6.45) is 2.54. The van der Waals surface area contributed by atoms with Crippen molar-refractivity contribution >= 4 is 30.0 Å². The van der Waals surface area contributed by atoms with Gasteiger partial charge in [0.25, 0.3) is 13.1 Å². The molecule has 1 fully saturated rings. The number of aryl methyl sites for hydroxylation is 1. The van der Waals surface area contributed by atoms with E-state index < -0.39 is 37.1 Å². The van der Waals surface area contributed by atoms with Gasteiger partial charge in [0.05, 0.1) is 18.8 Å². The maximum Gasteiger partial charge on any atom is 0.330 e. The molecule has 2 aromatic heterocycles. The first-order valence-corrected chi connectivity index (χ1v) is 13.3. The number of halogens is 1. The van der Waals surface area contributed by atoms with Crippen molar-refractivity contribution in [3.8, 4) is 0 Å². The zero-order valence-electron chi connectivity index (χ0n) is 18.9. The number of H-pyrrole nitrogens is 2. The molecule has 3 N–H and O–H groups in total. The fraction of sp³-hybridized carbons (Fsp3) is 0.429. The third-order valence-corrected chi connectivity index (χ3v) is 8.42. The second-order valence-corrected chi connectivity index (χ2v) is 11.1. The monoisotopic (exact) mass is 521 g/mol. The van der Waals surface area contributed by atoms with Crippen LogP contribution in [0.25, 0.3) is 21.3 Å². The van der Waals surface area contributed by atoms with Gasteiger partial charge in [0.15, 0.2) is 0 Å². The number of benzene rings is 1. The van der Waals surface area contributed by atoms with Crippen molar-refractivity contribution in [1.29, 1.82) is 0 Å². The van der Waals surface area contributed by atoms with Gasteiger partial charge >= 0.3 is 5.69 Å². The van der Waals surface area contributed by atoms with Crippen LogP contribution in [0.15, 0.2) is 51.4 Å². The highest BCUT2D eigenvalue weighted by atomic mass is 35.5. The van der Waals surface area contributed by atoms with Crippen LogP contribution in [-0.2, 0) is 20.2 Å². The Kier molecular flexibility index (Phi) is 7.81. The standard InChI is InChI=1S/C21H25ClN7O5P/c1-13-10-29(21(31)26-20(13)30)19-8-17(27-28-23)18(34-19)11-33-35(32,12-22)25-7-6-14-9-24-16-5-3-2-4-15(14)16/h2-5,9-10,17-19,24H,6-8,11-12H2,1H3,(H,25,32)(H,26,30,31)/t17?,18-,19-,35?/m1/s1. The molecule has 4 atom stereocenters. The van der Waals surface area contributed by atoms with E-state index in [2.05, 4.69) is 25.1 Å². The molecule has 0 radical (unpaired) electrons. The van der Waals surface area contributed by atoms with Gasteiger partial charge in [-0.25, -0.2) is 9.88 Å². The van der Waals surface area contributed by atoms with Crippen LogP contribution in [0.4, 0.5) is 0 Å². The van der Waals surface area contributed by atoms with E-state index in [1.807, 2.05) is 30.5 Å². The van der Waals surface area contributed by atoms with Gasteiger partial charge in [-0.1, -0.05) is 23.3 Å². The van der Waals surface area contributed by atoms with Gasteiger partial charge in [0.2, 0.25) is 0 Å². The number of alkyl halides is 1. The molecule has 14 heteroatoms. The van der Waals surface area contributed by atoms with Gasteiger partial charge in [-0.3, -0.25) is 18.9 Å². The fourth-order valence-electron chi connectivity index (χ4n) is 4.04. The topological polar surface area (TPSA) is 167 Å². The molecule has 1 saturated heterocycles. The largest absolute Gasteiger partial charge is 0.361 e. The van der Waals surface area contributed by atoms with Crippen molar-refractivity contribution in [2.75, 3.05) is 18.8 Å². The molecule has 0 aliphatic carbocycles. The molecule has 3 aromatic rings. The van der Waals surface area contributed by atoms with Gasteiger partial charge in [0.1, 0.15) is 11.8 Å². The summed E-state index contributed by atoms with van der Waals surface area (Å²) in [7, 11) is -3.42. The van der Waals surface area contributed by atoms with Gasteiger partial charge in [0, 0.05) is 46.7 Å². The Balaban J connectivity index is 1.39. The van der Waals surface area contributed by atoms with E-state index in [0.717, 1.165) is 16.5 Å². The van der Waals surface area contributed by atoms with Crippen LogP contribution < -0.4 is 16.3 Å². The predicted octanol–water partition coefficient (Wildman–Crippen LogP) is 3.53. The van der Waals surface area contributed by atoms with Crippen LogP contribution in [-0.4, -0.2) is 45.5 Å². The number of ether oxygens (including phenoxy) is 1. The van der Waals surface area contributed by atoms with E-state index in [1.54, 1.807) is 6.92 Å². The lowest BCUT2D eigenvalue weighted by atomic mass is 10.1. The van der Waals surface area contributed by atoms with Crippen LogP contribution in [0.3, 0.4) is 0 Å². The normalized spacial score (nSPS) is 21.6. The lowest BCUT2D eigenvalue weighted by Gasteiger charge is -2.21. The lowest BCUT2D eigenvalue weighted by molar-refractivity contribution is -0.0222. The summed E-state index contributed by atoms with van der Waals surface area (Å²) in [5.41, 5.74) is 9.98. The Bertz CT molecular complexity index is 1410. The first kappa shape index (κ1) is 25.2. The third-order valence-electron chi connectivity index (χ3n) is 5.89. The molecule has 4 rings (SSSR count). The number of para-hydroxylation sites is 1. The Labute approximate surface area is 204 Å². The Morgan fingerprint density at radius 3 is 2.97 bits per heavy atom. The smallest absolute Gasteiger partial charge is 0.330 e. The summed E-state index contributed by atoms with van der Waals surface area (Å²) in [6, 6.07) is 7.23. The van der Waals surface area contributed by atoms with E-state index in [9.17, 15) is 14.2 Å². The summed E-state index contributed by atoms with van der Waals surface area (Å²) < 4.78 is 25.9.